The van der Waals surface area contributed by atoms with E-state index < -0.39 is 0 Å². The predicted molar refractivity (Wildman–Crippen MR) is 56.0 cm³/mol. The molecule has 0 bridgehead atoms. The normalized spacial score (nSPS) is 9.87. The fourth-order valence-electron chi connectivity index (χ4n) is 1.18. The fourth-order valence-corrected chi connectivity index (χ4v) is 1.18. The van der Waals surface area contributed by atoms with E-state index in [9.17, 15) is 0 Å². The SMILES string of the molecule is N=c1nc(NCc2cccnc2)cc[nH]1. The lowest BCUT2D eigenvalue weighted by atomic mass is 10.3. The van der Waals surface area contributed by atoms with Crippen molar-refractivity contribution in [3.8, 4) is 0 Å². The molecule has 0 fully saturated rings. The molecule has 0 saturated carbocycles. The highest BCUT2D eigenvalue weighted by molar-refractivity contribution is 5.32. The van der Waals surface area contributed by atoms with Crippen LogP contribution in [0.1, 0.15) is 5.56 Å². The molecule has 0 amide bonds. The summed E-state index contributed by atoms with van der Waals surface area (Å²) in [6.45, 7) is 0.657. The van der Waals surface area contributed by atoms with Gasteiger partial charge in [-0.2, -0.15) is 4.98 Å². The first-order valence-electron chi connectivity index (χ1n) is 4.58. The van der Waals surface area contributed by atoms with E-state index in [1.807, 2.05) is 12.1 Å². The summed E-state index contributed by atoms with van der Waals surface area (Å²) in [4.78, 5) is 10.7. The quantitative estimate of drug-likeness (QED) is 0.690. The van der Waals surface area contributed by atoms with E-state index in [1.54, 1.807) is 24.7 Å². The highest BCUT2D eigenvalue weighted by atomic mass is 15.0. The van der Waals surface area contributed by atoms with Crippen molar-refractivity contribution < 1.29 is 0 Å². The summed E-state index contributed by atoms with van der Waals surface area (Å²) in [5.41, 5.74) is 1.23. The van der Waals surface area contributed by atoms with Gasteiger partial charge in [0.1, 0.15) is 5.82 Å². The maximum Gasteiger partial charge on any atom is 0.221 e. The molecule has 5 nitrogen and oxygen atoms in total. The van der Waals surface area contributed by atoms with E-state index >= 15 is 0 Å². The summed E-state index contributed by atoms with van der Waals surface area (Å²) in [6.07, 6.45) is 5.21. The van der Waals surface area contributed by atoms with Crippen LogP contribution in [0, 0.1) is 5.41 Å². The molecule has 2 rings (SSSR count). The third-order valence-electron chi connectivity index (χ3n) is 1.89. The van der Waals surface area contributed by atoms with Gasteiger partial charge in [0.25, 0.3) is 0 Å². The first kappa shape index (κ1) is 9.39. The fraction of sp³-hybridized carbons (Fsp3) is 0.100. The van der Waals surface area contributed by atoms with Gasteiger partial charge in [0, 0.05) is 25.1 Å². The molecule has 0 atom stereocenters. The molecule has 0 aromatic carbocycles. The van der Waals surface area contributed by atoms with Crippen molar-refractivity contribution >= 4 is 5.82 Å². The third-order valence-corrected chi connectivity index (χ3v) is 1.89. The predicted octanol–water partition coefficient (Wildman–Crippen LogP) is 0.896. The summed E-state index contributed by atoms with van der Waals surface area (Å²) in [5.74, 6) is 0.683. The molecular weight excluding hydrogens is 190 g/mol. The Hall–Kier alpha value is -2.17. The Balaban J connectivity index is 2.02. The topological polar surface area (TPSA) is 77.5 Å². The summed E-state index contributed by atoms with van der Waals surface area (Å²) in [6, 6.07) is 5.66. The van der Waals surface area contributed by atoms with Gasteiger partial charge in [-0.05, 0) is 17.7 Å². The van der Waals surface area contributed by atoms with E-state index in [4.69, 9.17) is 5.41 Å². The molecule has 3 N–H and O–H groups in total. The molecule has 0 aliphatic carbocycles. The largest absolute Gasteiger partial charge is 0.366 e. The van der Waals surface area contributed by atoms with Crippen molar-refractivity contribution in [1.29, 1.82) is 5.41 Å². The number of anilines is 1. The summed E-state index contributed by atoms with van der Waals surface area (Å²) < 4.78 is 0. The van der Waals surface area contributed by atoms with Crippen LogP contribution in [0.15, 0.2) is 36.8 Å². The van der Waals surface area contributed by atoms with Crippen LogP contribution >= 0.6 is 0 Å². The number of aromatic nitrogens is 3. The number of aromatic amines is 1. The van der Waals surface area contributed by atoms with Crippen molar-refractivity contribution in [3.05, 3.63) is 48.0 Å². The van der Waals surface area contributed by atoms with Gasteiger partial charge in [-0.1, -0.05) is 6.07 Å². The van der Waals surface area contributed by atoms with Gasteiger partial charge in [0.2, 0.25) is 5.62 Å². The number of hydrogen-bond donors (Lipinski definition) is 3. The van der Waals surface area contributed by atoms with Gasteiger partial charge in [0.05, 0.1) is 0 Å². The number of hydrogen-bond acceptors (Lipinski definition) is 4. The van der Waals surface area contributed by atoms with E-state index in [2.05, 4.69) is 20.3 Å². The minimum absolute atomic E-state index is 0.145. The maximum atomic E-state index is 7.30. The van der Waals surface area contributed by atoms with Crippen LogP contribution in [-0.4, -0.2) is 15.0 Å². The Morgan fingerprint density at radius 3 is 3.07 bits per heavy atom. The van der Waals surface area contributed by atoms with Gasteiger partial charge in [0.15, 0.2) is 0 Å². The minimum Gasteiger partial charge on any atom is -0.366 e. The number of nitrogens with zero attached hydrogens (tertiary/aromatic N) is 2. The molecule has 2 aromatic rings. The maximum absolute atomic E-state index is 7.30. The minimum atomic E-state index is 0.145. The van der Waals surface area contributed by atoms with Gasteiger partial charge < -0.3 is 10.3 Å². The highest BCUT2D eigenvalue weighted by Crippen LogP contribution is 2.01. The monoisotopic (exact) mass is 201 g/mol. The Morgan fingerprint density at radius 2 is 2.33 bits per heavy atom. The summed E-state index contributed by atoms with van der Waals surface area (Å²) >= 11 is 0. The smallest absolute Gasteiger partial charge is 0.221 e. The second-order valence-corrected chi connectivity index (χ2v) is 3.04. The molecule has 5 heteroatoms. The molecule has 2 aromatic heterocycles. The Kier molecular flexibility index (Phi) is 2.73. The first-order chi connectivity index (χ1) is 7.34. The van der Waals surface area contributed by atoms with Gasteiger partial charge in [-0.3, -0.25) is 10.4 Å². The third kappa shape index (κ3) is 2.63. The average molecular weight is 201 g/mol. The van der Waals surface area contributed by atoms with Gasteiger partial charge in [-0.15, -0.1) is 0 Å². The first-order valence-corrected chi connectivity index (χ1v) is 4.58. The van der Waals surface area contributed by atoms with Crippen LogP contribution in [0.25, 0.3) is 0 Å². The Morgan fingerprint density at radius 1 is 1.40 bits per heavy atom. The van der Waals surface area contributed by atoms with Crippen molar-refractivity contribution in [3.63, 3.8) is 0 Å². The van der Waals surface area contributed by atoms with E-state index in [-0.39, 0.29) is 5.62 Å². The lowest BCUT2D eigenvalue weighted by Crippen LogP contribution is -2.12. The van der Waals surface area contributed by atoms with Gasteiger partial charge in [-0.25, -0.2) is 0 Å². The second-order valence-electron chi connectivity index (χ2n) is 3.04. The molecule has 0 aliphatic rings. The molecule has 15 heavy (non-hydrogen) atoms. The summed E-state index contributed by atoms with van der Waals surface area (Å²) in [5, 5.41) is 10.4. The molecular formula is C10H11N5. The van der Waals surface area contributed by atoms with Crippen molar-refractivity contribution in [1.82, 2.24) is 15.0 Å². The van der Waals surface area contributed by atoms with Crippen molar-refractivity contribution in [2.75, 3.05) is 5.32 Å². The molecule has 0 aliphatic heterocycles. The standard InChI is InChI=1S/C10H11N5/c11-10-13-5-3-9(15-10)14-7-8-2-1-4-12-6-8/h1-6H,7H2,(H3,11,13,14,15). The lowest BCUT2D eigenvalue weighted by Gasteiger charge is -2.03. The zero-order valence-corrected chi connectivity index (χ0v) is 8.07. The van der Waals surface area contributed by atoms with Crippen LogP contribution in [0.4, 0.5) is 5.82 Å². The number of pyridine rings is 1. The van der Waals surface area contributed by atoms with E-state index in [1.165, 1.54) is 0 Å². The lowest BCUT2D eigenvalue weighted by molar-refractivity contribution is 0.955. The molecule has 2 heterocycles. The van der Waals surface area contributed by atoms with Crippen LogP contribution < -0.4 is 10.9 Å². The van der Waals surface area contributed by atoms with E-state index in [0.29, 0.717) is 12.4 Å². The molecule has 0 saturated heterocycles. The van der Waals surface area contributed by atoms with Crippen LogP contribution in [-0.2, 0) is 6.54 Å². The molecule has 0 unspecified atom stereocenters. The Labute approximate surface area is 86.7 Å². The van der Waals surface area contributed by atoms with Gasteiger partial charge >= 0.3 is 0 Å². The zero-order valence-electron chi connectivity index (χ0n) is 8.07. The number of rotatable bonds is 3. The Bertz CT molecular complexity index is 476. The number of H-pyrrole nitrogens is 1. The molecule has 0 spiro atoms. The van der Waals surface area contributed by atoms with Crippen molar-refractivity contribution in [2.45, 2.75) is 6.54 Å². The van der Waals surface area contributed by atoms with Crippen LogP contribution in [0.3, 0.4) is 0 Å². The van der Waals surface area contributed by atoms with E-state index in [0.717, 1.165) is 5.56 Å². The summed E-state index contributed by atoms with van der Waals surface area (Å²) in [7, 11) is 0. The van der Waals surface area contributed by atoms with Crippen LogP contribution in [0.5, 0.6) is 0 Å². The molecule has 0 radical (unpaired) electrons. The number of nitrogens with one attached hydrogen (secondary N) is 3. The highest BCUT2D eigenvalue weighted by Gasteiger charge is 1.93. The van der Waals surface area contributed by atoms with Crippen LogP contribution in [0.2, 0.25) is 0 Å². The second kappa shape index (κ2) is 4.36. The average Bonchev–Trinajstić information content (AvgIpc) is 2.28. The zero-order chi connectivity index (χ0) is 10.5. The van der Waals surface area contributed by atoms with Crippen molar-refractivity contribution in [2.24, 2.45) is 0 Å². The molecule has 76 valence electrons.